The van der Waals surface area contributed by atoms with Gasteiger partial charge in [0, 0.05) is 25.7 Å². The van der Waals surface area contributed by atoms with E-state index < -0.39 is 0 Å². The Morgan fingerprint density at radius 2 is 2.15 bits per heavy atom. The second-order valence-corrected chi connectivity index (χ2v) is 6.60. The Kier molecular flexibility index (Phi) is 3.85. The summed E-state index contributed by atoms with van der Waals surface area (Å²) >= 11 is 0. The van der Waals surface area contributed by atoms with Gasteiger partial charge in [0.15, 0.2) is 0 Å². The van der Waals surface area contributed by atoms with Crippen LogP contribution in [0.1, 0.15) is 30.4 Å². The van der Waals surface area contributed by atoms with Crippen LogP contribution < -0.4 is 5.73 Å². The van der Waals surface area contributed by atoms with E-state index in [-0.39, 0.29) is 5.54 Å². The summed E-state index contributed by atoms with van der Waals surface area (Å²) in [6.45, 7) is 3.07. The molecule has 0 radical (unpaired) electrons. The van der Waals surface area contributed by atoms with Crippen molar-refractivity contribution >= 4 is 0 Å². The van der Waals surface area contributed by atoms with Crippen LogP contribution >= 0.6 is 0 Å². The summed E-state index contributed by atoms with van der Waals surface area (Å²) in [6, 6.07) is 9.61. The lowest BCUT2D eigenvalue weighted by atomic mass is 9.75. The van der Waals surface area contributed by atoms with Crippen LogP contribution in [0.5, 0.6) is 0 Å². The third-order valence-electron chi connectivity index (χ3n) is 5.39. The highest BCUT2D eigenvalue weighted by molar-refractivity contribution is 5.37. The van der Waals surface area contributed by atoms with Crippen molar-refractivity contribution in [1.29, 1.82) is 0 Å². The predicted molar refractivity (Wildman–Crippen MR) is 83.8 cm³/mol. The van der Waals surface area contributed by atoms with E-state index in [0.29, 0.717) is 6.04 Å². The molecule has 1 saturated heterocycles. The van der Waals surface area contributed by atoms with Gasteiger partial charge in [-0.05, 0) is 50.9 Å². The molecule has 1 aromatic carbocycles. The van der Waals surface area contributed by atoms with Crippen molar-refractivity contribution < 1.29 is 0 Å². The smallest absolute Gasteiger partial charge is 0.0587 e. The summed E-state index contributed by atoms with van der Waals surface area (Å²) < 4.78 is 0. The largest absolute Gasteiger partial charge is 0.328 e. The van der Waals surface area contributed by atoms with E-state index >= 15 is 0 Å². The van der Waals surface area contributed by atoms with Crippen molar-refractivity contribution in [3.8, 4) is 0 Å². The molecular formula is C17H27N3. The second-order valence-electron chi connectivity index (χ2n) is 6.60. The SMILES string of the molecule is CN(C)C1CCN(C2(CN)CCCc3ccccc32)C1. The molecule has 0 saturated carbocycles. The monoisotopic (exact) mass is 273 g/mol. The average Bonchev–Trinajstić information content (AvgIpc) is 2.97. The summed E-state index contributed by atoms with van der Waals surface area (Å²) in [4.78, 5) is 5.02. The van der Waals surface area contributed by atoms with E-state index in [4.69, 9.17) is 5.73 Å². The fourth-order valence-corrected chi connectivity index (χ4v) is 4.12. The number of likely N-dealkylation sites (tertiary alicyclic amines) is 1. The predicted octanol–water partition coefficient (Wildman–Crippen LogP) is 1.81. The molecule has 1 aliphatic carbocycles. The summed E-state index contributed by atoms with van der Waals surface area (Å²) in [7, 11) is 4.39. The second kappa shape index (κ2) is 5.47. The number of likely N-dealkylation sites (N-methyl/N-ethyl adjacent to an activating group) is 1. The van der Waals surface area contributed by atoms with Crippen molar-refractivity contribution in [2.75, 3.05) is 33.7 Å². The Morgan fingerprint density at radius 1 is 1.35 bits per heavy atom. The molecule has 2 atom stereocenters. The highest BCUT2D eigenvalue weighted by Gasteiger charge is 2.43. The molecule has 110 valence electrons. The van der Waals surface area contributed by atoms with Gasteiger partial charge in [0.25, 0.3) is 0 Å². The number of hydrogen-bond acceptors (Lipinski definition) is 3. The van der Waals surface area contributed by atoms with Crippen LogP contribution in [0.15, 0.2) is 24.3 Å². The lowest BCUT2D eigenvalue weighted by molar-refractivity contribution is 0.0933. The highest BCUT2D eigenvalue weighted by atomic mass is 15.3. The van der Waals surface area contributed by atoms with Gasteiger partial charge in [-0.25, -0.2) is 0 Å². The first-order valence-electron chi connectivity index (χ1n) is 7.87. The number of nitrogens with zero attached hydrogens (tertiary/aromatic N) is 2. The molecule has 3 heteroatoms. The lowest BCUT2D eigenvalue weighted by Crippen LogP contribution is -2.52. The summed E-state index contributed by atoms with van der Waals surface area (Å²) in [6.07, 6.45) is 4.94. The number of nitrogens with two attached hydrogens (primary N) is 1. The molecule has 1 aliphatic heterocycles. The van der Waals surface area contributed by atoms with Crippen molar-refractivity contribution in [2.45, 2.75) is 37.3 Å². The Balaban J connectivity index is 1.93. The molecule has 0 bridgehead atoms. The van der Waals surface area contributed by atoms with Gasteiger partial charge in [0.1, 0.15) is 0 Å². The van der Waals surface area contributed by atoms with Gasteiger partial charge in [0.05, 0.1) is 5.54 Å². The molecule has 3 rings (SSSR count). The first kappa shape index (κ1) is 14.1. The quantitative estimate of drug-likeness (QED) is 0.912. The first-order chi connectivity index (χ1) is 9.67. The summed E-state index contributed by atoms with van der Waals surface area (Å²) in [5, 5.41) is 0. The topological polar surface area (TPSA) is 32.5 Å². The molecular weight excluding hydrogens is 246 g/mol. The Labute approximate surface area is 122 Å². The number of benzene rings is 1. The van der Waals surface area contributed by atoms with E-state index in [9.17, 15) is 0 Å². The molecule has 3 nitrogen and oxygen atoms in total. The molecule has 0 aromatic heterocycles. The zero-order chi connectivity index (χ0) is 14.2. The molecule has 0 spiro atoms. The number of fused-ring (bicyclic) bond motifs is 1. The van der Waals surface area contributed by atoms with Gasteiger partial charge in [-0.15, -0.1) is 0 Å². The lowest BCUT2D eigenvalue weighted by Gasteiger charge is -2.45. The van der Waals surface area contributed by atoms with E-state index in [0.717, 1.165) is 13.1 Å². The van der Waals surface area contributed by atoms with E-state index in [1.54, 1.807) is 0 Å². The minimum absolute atomic E-state index is 0.0829. The van der Waals surface area contributed by atoms with E-state index in [1.807, 2.05) is 0 Å². The Hall–Kier alpha value is -0.900. The van der Waals surface area contributed by atoms with Crippen molar-refractivity contribution in [3.63, 3.8) is 0 Å². The minimum Gasteiger partial charge on any atom is -0.328 e. The maximum atomic E-state index is 6.30. The standard InChI is InChI=1S/C17H27N3/c1-19(2)15-9-11-20(12-15)17(13-18)10-5-7-14-6-3-4-8-16(14)17/h3-4,6,8,15H,5,7,9-13,18H2,1-2H3. The number of rotatable bonds is 3. The first-order valence-corrected chi connectivity index (χ1v) is 7.87. The normalized spacial score (nSPS) is 30.7. The van der Waals surface area contributed by atoms with Crippen LogP contribution in [0.25, 0.3) is 0 Å². The van der Waals surface area contributed by atoms with Crippen LogP contribution in [0, 0.1) is 0 Å². The third-order valence-corrected chi connectivity index (χ3v) is 5.39. The van der Waals surface area contributed by atoms with Crippen LogP contribution in [-0.4, -0.2) is 49.6 Å². The van der Waals surface area contributed by atoms with Crippen molar-refractivity contribution in [1.82, 2.24) is 9.80 Å². The van der Waals surface area contributed by atoms with Gasteiger partial charge < -0.3 is 10.6 Å². The number of aryl methyl sites for hydroxylation is 1. The molecule has 20 heavy (non-hydrogen) atoms. The van der Waals surface area contributed by atoms with Gasteiger partial charge in [-0.2, -0.15) is 0 Å². The highest BCUT2D eigenvalue weighted by Crippen LogP contribution is 2.41. The van der Waals surface area contributed by atoms with Gasteiger partial charge in [-0.1, -0.05) is 24.3 Å². The third kappa shape index (κ3) is 2.18. The molecule has 1 heterocycles. The maximum absolute atomic E-state index is 6.30. The molecule has 1 aromatic rings. The minimum atomic E-state index is 0.0829. The van der Waals surface area contributed by atoms with Crippen molar-refractivity contribution in [2.24, 2.45) is 5.73 Å². The summed E-state index contributed by atoms with van der Waals surface area (Å²) in [5.41, 5.74) is 9.39. The van der Waals surface area contributed by atoms with Crippen molar-refractivity contribution in [3.05, 3.63) is 35.4 Å². The fourth-order valence-electron chi connectivity index (χ4n) is 4.12. The Bertz CT molecular complexity index is 471. The molecule has 1 fully saturated rings. The zero-order valence-corrected chi connectivity index (χ0v) is 12.8. The van der Waals surface area contributed by atoms with Crippen LogP contribution in [0.3, 0.4) is 0 Å². The maximum Gasteiger partial charge on any atom is 0.0587 e. The average molecular weight is 273 g/mol. The van der Waals surface area contributed by atoms with Crippen LogP contribution in [0.2, 0.25) is 0 Å². The van der Waals surface area contributed by atoms with Crippen LogP contribution in [-0.2, 0) is 12.0 Å². The number of hydrogen-bond donors (Lipinski definition) is 1. The Morgan fingerprint density at radius 3 is 2.85 bits per heavy atom. The summed E-state index contributed by atoms with van der Waals surface area (Å²) in [5.74, 6) is 0. The van der Waals surface area contributed by atoms with Gasteiger partial charge in [-0.3, -0.25) is 4.90 Å². The fraction of sp³-hybridized carbons (Fsp3) is 0.647. The molecule has 2 aliphatic rings. The molecule has 2 N–H and O–H groups in total. The van der Waals surface area contributed by atoms with E-state index in [1.165, 1.54) is 43.4 Å². The van der Waals surface area contributed by atoms with Crippen LogP contribution in [0.4, 0.5) is 0 Å². The van der Waals surface area contributed by atoms with E-state index in [2.05, 4.69) is 48.2 Å². The van der Waals surface area contributed by atoms with Gasteiger partial charge >= 0.3 is 0 Å². The van der Waals surface area contributed by atoms with Gasteiger partial charge in [0.2, 0.25) is 0 Å². The zero-order valence-electron chi connectivity index (χ0n) is 12.8. The molecule has 0 amide bonds. The molecule has 2 unspecified atom stereocenters.